The minimum atomic E-state index is -0.462. The van der Waals surface area contributed by atoms with E-state index in [1.807, 2.05) is 6.07 Å². The number of halogens is 1. The second kappa shape index (κ2) is 8.78. The Balaban J connectivity index is 1.48. The zero-order valence-electron chi connectivity index (χ0n) is 16.3. The minimum Gasteiger partial charge on any atom is -0.467 e. The number of hydrogen-bond acceptors (Lipinski definition) is 4. The molecule has 0 spiro atoms. The molecule has 0 N–H and O–H groups in total. The maximum atomic E-state index is 13.6. The van der Waals surface area contributed by atoms with Gasteiger partial charge in [0.25, 0.3) is 5.91 Å². The van der Waals surface area contributed by atoms with E-state index >= 15 is 0 Å². The fourth-order valence-corrected chi connectivity index (χ4v) is 3.67. The molecule has 2 fully saturated rings. The standard InChI is InChI=1S/C22H25FN2O4/c23-17-5-1-4-16(12-17)22(27)25(18-8-9-18)15-21(26)24(13-19-6-2-10-28-19)14-20-7-3-11-29-20/h1-2,4-6,10,12,18,20H,3,7-9,11,13-15H2/t20-/m1/s1. The number of furan rings is 1. The Morgan fingerprint density at radius 2 is 2.00 bits per heavy atom. The highest BCUT2D eigenvalue weighted by molar-refractivity contribution is 5.97. The number of carbonyl (C=O) groups excluding carboxylic acids is 2. The maximum Gasteiger partial charge on any atom is 0.254 e. The van der Waals surface area contributed by atoms with Gasteiger partial charge >= 0.3 is 0 Å². The Bertz CT molecular complexity index is 844. The van der Waals surface area contributed by atoms with Crippen molar-refractivity contribution in [2.24, 2.45) is 0 Å². The topological polar surface area (TPSA) is 63.0 Å². The van der Waals surface area contributed by atoms with Crippen LogP contribution in [0.1, 0.15) is 41.8 Å². The molecule has 2 amide bonds. The number of amides is 2. The summed E-state index contributed by atoms with van der Waals surface area (Å²) in [7, 11) is 0. The summed E-state index contributed by atoms with van der Waals surface area (Å²) in [5.74, 6) is -0.245. The van der Waals surface area contributed by atoms with Crippen LogP contribution >= 0.6 is 0 Å². The summed E-state index contributed by atoms with van der Waals surface area (Å²) in [5.41, 5.74) is 0.265. The van der Waals surface area contributed by atoms with Gasteiger partial charge in [0.15, 0.2) is 0 Å². The summed E-state index contributed by atoms with van der Waals surface area (Å²) in [6, 6.07) is 9.25. The summed E-state index contributed by atoms with van der Waals surface area (Å²) in [6.07, 6.45) is 5.20. The van der Waals surface area contributed by atoms with Gasteiger partial charge in [-0.3, -0.25) is 9.59 Å². The molecule has 4 rings (SSSR count). The molecule has 2 aromatic rings. The first-order chi connectivity index (χ1) is 14.1. The van der Waals surface area contributed by atoms with E-state index in [0.29, 0.717) is 25.5 Å². The van der Waals surface area contributed by atoms with Gasteiger partial charge in [0.05, 0.1) is 18.9 Å². The molecule has 2 aliphatic rings. The first kappa shape index (κ1) is 19.6. The van der Waals surface area contributed by atoms with Crippen molar-refractivity contribution in [3.63, 3.8) is 0 Å². The molecule has 1 saturated heterocycles. The molecule has 1 atom stereocenters. The van der Waals surface area contributed by atoms with E-state index in [0.717, 1.165) is 25.7 Å². The van der Waals surface area contributed by atoms with Gasteiger partial charge in [-0.15, -0.1) is 0 Å². The molecule has 29 heavy (non-hydrogen) atoms. The van der Waals surface area contributed by atoms with Crippen LogP contribution in [0.5, 0.6) is 0 Å². The summed E-state index contributed by atoms with van der Waals surface area (Å²) in [6.45, 7) is 1.47. The van der Waals surface area contributed by atoms with Crippen LogP contribution in [0.25, 0.3) is 0 Å². The predicted molar refractivity (Wildman–Crippen MR) is 104 cm³/mol. The van der Waals surface area contributed by atoms with Crippen molar-refractivity contribution in [3.8, 4) is 0 Å². The lowest BCUT2D eigenvalue weighted by molar-refractivity contribution is -0.134. The van der Waals surface area contributed by atoms with E-state index in [1.165, 1.54) is 18.2 Å². The third-order valence-corrected chi connectivity index (χ3v) is 5.35. The fraction of sp³-hybridized carbons (Fsp3) is 0.455. The predicted octanol–water partition coefficient (Wildman–Crippen LogP) is 3.23. The fourth-order valence-electron chi connectivity index (χ4n) is 3.67. The van der Waals surface area contributed by atoms with Crippen LogP contribution in [0.3, 0.4) is 0 Å². The van der Waals surface area contributed by atoms with Gasteiger partial charge in [-0.05, 0) is 56.0 Å². The first-order valence-corrected chi connectivity index (χ1v) is 10.1. The Hall–Kier alpha value is -2.67. The van der Waals surface area contributed by atoms with Crippen LogP contribution in [0, 0.1) is 5.82 Å². The van der Waals surface area contributed by atoms with Crippen LogP contribution in [-0.4, -0.2) is 53.5 Å². The van der Waals surface area contributed by atoms with Gasteiger partial charge < -0.3 is 19.0 Å². The number of ether oxygens (including phenoxy) is 1. The largest absolute Gasteiger partial charge is 0.467 e. The van der Waals surface area contributed by atoms with E-state index in [1.54, 1.807) is 28.2 Å². The van der Waals surface area contributed by atoms with Crippen LogP contribution in [0.4, 0.5) is 4.39 Å². The summed E-state index contributed by atoms with van der Waals surface area (Å²) in [5, 5.41) is 0. The molecule has 2 heterocycles. The van der Waals surface area contributed by atoms with Crippen molar-refractivity contribution in [2.75, 3.05) is 19.7 Å². The normalized spacial score (nSPS) is 18.6. The number of nitrogens with zero attached hydrogens (tertiary/aromatic N) is 2. The second-order valence-electron chi connectivity index (χ2n) is 7.66. The highest BCUT2D eigenvalue weighted by atomic mass is 19.1. The van der Waals surface area contributed by atoms with Crippen molar-refractivity contribution in [2.45, 2.75) is 44.4 Å². The van der Waals surface area contributed by atoms with Crippen molar-refractivity contribution < 1.29 is 23.1 Å². The summed E-state index contributed by atoms with van der Waals surface area (Å²) < 4.78 is 24.7. The third-order valence-electron chi connectivity index (χ3n) is 5.35. The maximum absolute atomic E-state index is 13.6. The van der Waals surface area contributed by atoms with Crippen LogP contribution in [0.2, 0.25) is 0 Å². The van der Waals surface area contributed by atoms with Crippen molar-refractivity contribution in [1.82, 2.24) is 9.80 Å². The lowest BCUT2D eigenvalue weighted by Crippen LogP contribution is -2.45. The second-order valence-corrected chi connectivity index (χ2v) is 7.66. The smallest absolute Gasteiger partial charge is 0.254 e. The van der Waals surface area contributed by atoms with Gasteiger partial charge in [0, 0.05) is 24.8 Å². The van der Waals surface area contributed by atoms with Gasteiger partial charge in [0.2, 0.25) is 5.91 Å². The zero-order chi connectivity index (χ0) is 20.2. The Morgan fingerprint density at radius 1 is 1.14 bits per heavy atom. The molecule has 1 aliphatic carbocycles. The molecule has 0 unspecified atom stereocenters. The minimum absolute atomic E-state index is 0.00204. The van der Waals surface area contributed by atoms with E-state index in [-0.39, 0.29) is 36.1 Å². The molecular formula is C22H25FN2O4. The van der Waals surface area contributed by atoms with Gasteiger partial charge in [-0.1, -0.05) is 6.07 Å². The molecule has 0 radical (unpaired) electrons. The molecule has 1 saturated carbocycles. The summed E-state index contributed by atoms with van der Waals surface area (Å²) in [4.78, 5) is 29.4. The Kier molecular flexibility index (Phi) is 5.94. The molecule has 1 aromatic heterocycles. The van der Waals surface area contributed by atoms with Crippen molar-refractivity contribution in [1.29, 1.82) is 0 Å². The highest BCUT2D eigenvalue weighted by Gasteiger charge is 2.36. The number of hydrogen-bond donors (Lipinski definition) is 0. The Labute approximate surface area is 169 Å². The number of benzene rings is 1. The molecule has 154 valence electrons. The van der Waals surface area contributed by atoms with Crippen LogP contribution < -0.4 is 0 Å². The third kappa shape index (κ3) is 5.03. The van der Waals surface area contributed by atoms with Gasteiger partial charge in [0.1, 0.15) is 18.1 Å². The lowest BCUT2D eigenvalue weighted by atomic mass is 10.2. The van der Waals surface area contributed by atoms with Crippen molar-refractivity contribution >= 4 is 11.8 Å². The van der Waals surface area contributed by atoms with E-state index in [4.69, 9.17) is 9.15 Å². The molecule has 1 aromatic carbocycles. The Morgan fingerprint density at radius 3 is 2.66 bits per heavy atom. The van der Waals surface area contributed by atoms with Gasteiger partial charge in [-0.2, -0.15) is 0 Å². The van der Waals surface area contributed by atoms with E-state index in [2.05, 4.69) is 0 Å². The highest BCUT2D eigenvalue weighted by Crippen LogP contribution is 2.28. The quantitative estimate of drug-likeness (QED) is 0.683. The zero-order valence-corrected chi connectivity index (χ0v) is 16.3. The lowest BCUT2D eigenvalue weighted by Gasteiger charge is -2.29. The molecule has 1 aliphatic heterocycles. The molecule has 6 nitrogen and oxygen atoms in total. The van der Waals surface area contributed by atoms with Gasteiger partial charge in [-0.25, -0.2) is 4.39 Å². The van der Waals surface area contributed by atoms with Crippen LogP contribution in [-0.2, 0) is 16.1 Å². The SMILES string of the molecule is O=C(CN(C(=O)c1cccc(F)c1)C1CC1)N(Cc1ccco1)C[C@H]1CCCO1. The average molecular weight is 400 g/mol. The number of rotatable bonds is 8. The van der Waals surface area contributed by atoms with Crippen LogP contribution in [0.15, 0.2) is 47.1 Å². The van der Waals surface area contributed by atoms with Crippen molar-refractivity contribution in [3.05, 3.63) is 59.8 Å². The first-order valence-electron chi connectivity index (χ1n) is 10.1. The molecule has 7 heteroatoms. The number of carbonyl (C=O) groups is 2. The van der Waals surface area contributed by atoms with E-state index < -0.39 is 5.82 Å². The monoisotopic (exact) mass is 400 g/mol. The van der Waals surface area contributed by atoms with E-state index in [9.17, 15) is 14.0 Å². The molecule has 0 bridgehead atoms. The molecular weight excluding hydrogens is 375 g/mol. The summed E-state index contributed by atoms with van der Waals surface area (Å²) >= 11 is 0. The average Bonchev–Trinajstić information content (AvgIpc) is 3.18.